The number of rotatable bonds is 3. The molecule has 0 unspecified atom stereocenters. The van der Waals surface area contributed by atoms with Crippen LogP contribution in [0.1, 0.15) is 19.4 Å². The molecule has 76 valence electrons. The Morgan fingerprint density at radius 3 is 2.71 bits per heavy atom. The summed E-state index contributed by atoms with van der Waals surface area (Å²) in [7, 11) is 0. The third kappa shape index (κ3) is 3.17. The van der Waals surface area contributed by atoms with E-state index in [1.54, 1.807) is 0 Å². The quantitative estimate of drug-likeness (QED) is 0.811. The zero-order valence-corrected chi connectivity index (χ0v) is 9.25. The Hall–Kier alpha value is -0.790. The molecule has 1 nitrogen and oxygen atoms in total. The van der Waals surface area contributed by atoms with E-state index in [4.69, 9.17) is 16.7 Å². The number of halogens is 1. The Morgan fingerprint density at radius 2 is 2.21 bits per heavy atom. The first kappa shape index (κ1) is 11.3. The maximum atomic E-state index is 9.13. The average Bonchev–Trinajstić information content (AvgIpc) is 2.14. The fourth-order valence-electron chi connectivity index (χ4n) is 1.21. The Kier molecular flexibility index (Phi) is 4.18. The summed E-state index contributed by atoms with van der Waals surface area (Å²) in [6.45, 7) is 4.23. The molecule has 0 aliphatic carbocycles. The third-order valence-electron chi connectivity index (χ3n) is 2.12. The lowest BCUT2D eigenvalue weighted by molar-refractivity contribution is 0.320. The predicted octanol–water partition coefficient (Wildman–Crippen LogP) is 3.37. The summed E-state index contributed by atoms with van der Waals surface area (Å²) in [4.78, 5) is 0. The van der Waals surface area contributed by atoms with Gasteiger partial charge in [0.05, 0.1) is 6.61 Å². The highest BCUT2D eigenvalue weighted by molar-refractivity contribution is 6.30. The van der Waals surface area contributed by atoms with Crippen LogP contribution in [0.4, 0.5) is 0 Å². The summed E-state index contributed by atoms with van der Waals surface area (Å²) < 4.78 is 0. The van der Waals surface area contributed by atoms with Gasteiger partial charge in [0.25, 0.3) is 0 Å². The van der Waals surface area contributed by atoms with E-state index in [9.17, 15) is 0 Å². The molecule has 1 aromatic rings. The molecule has 0 aliphatic heterocycles. The van der Waals surface area contributed by atoms with E-state index in [0.29, 0.717) is 5.92 Å². The van der Waals surface area contributed by atoms with Gasteiger partial charge in [-0.2, -0.15) is 0 Å². The number of hydrogen-bond acceptors (Lipinski definition) is 1. The summed E-state index contributed by atoms with van der Waals surface area (Å²) in [5.41, 5.74) is 2.06. The number of benzene rings is 1. The Labute approximate surface area is 90.0 Å². The molecular weight excluding hydrogens is 196 g/mol. The van der Waals surface area contributed by atoms with E-state index in [0.717, 1.165) is 16.2 Å². The van der Waals surface area contributed by atoms with E-state index in [-0.39, 0.29) is 6.61 Å². The average molecular weight is 211 g/mol. The van der Waals surface area contributed by atoms with Crippen molar-refractivity contribution in [2.45, 2.75) is 13.8 Å². The van der Waals surface area contributed by atoms with Crippen LogP contribution in [0.3, 0.4) is 0 Å². The van der Waals surface area contributed by atoms with Gasteiger partial charge in [0.15, 0.2) is 0 Å². The number of aliphatic hydroxyl groups is 1. The van der Waals surface area contributed by atoms with Crippen molar-refractivity contribution in [1.82, 2.24) is 0 Å². The van der Waals surface area contributed by atoms with E-state index >= 15 is 0 Å². The van der Waals surface area contributed by atoms with Crippen LogP contribution < -0.4 is 0 Å². The topological polar surface area (TPSA) is 20.2 Å². The molecule has 1 N–H and O–H groups in total. The van der Waals surface area contributed by atoms with Gasteiger partial charge >= 0.3 is 0 Å². The molecule has 0 atom stereocenters. The monoisotopic (exact) mass is 210 g/mol. The molecule has 0 amide bonds. The van der Waals surface area contributed by atoms with Crippen molar-refractivity contribution in [2.24, 2.45) is 5.92 Å². The van der Waals surface area contributed by atoms with E-state index in [1.165, 1.54) is 0 Å². The fourth-order valence-corrected chi connectivity index (χ4v) is 1.40. The second kappa shape index (κ2) is 5.18. The van der Waals surface area contributed by atoms with Crippen molar-refractivity contribution in [3.63, 3.8) is 0 Å². The molecule has 0 saturated heterocycles. The smallest absolute Gasteiger partial charge is 0.0647 e. The Bertz CT molecular complexity index is 329. The lowest BCUT2D eigenvalue weighted by Crippen LogP contribution is -1.98. The van der Waals surface area contributed by atoms with Crippen molar-refractivity contribution in [3.8, 4) is 0 Å². The lowest BCUT2D eigenvalue weighted by Gasteiger charge is -2.07. The normalized spacial score (nSPS) is 12.2. The minimum atomic E-state index is 0.101. The van der Waals surface area contributed by atoms with Crippen LogP contribution >= 0.6 is 11.6 Å². The highest BCUT2D eigenvalue weighted by Gasteiger charge is 2.01. The van der Waals surface area contributed by atoms with Crippen molar-refractivity contribution in [1.29, 1.82) is 0 Å². The van der Waals surface area contributed by atoms with Crippen molar-refractivity contribution in [2.75, 3.05) is 6.61 Å². The highest BCUT2D eigenvalue weighted by atomic mass is 35.5. The second-order valence-electron chi connectivity index (χ2n) is 3.59. The standard InChI is InChI=1S/C12H15ClO/c1-9(2)11(8-14)6-10-4-3-5-12(13)7-10/h3-7,9,14H,8H2,1-2H3. The van der Waals surface area contributed by atoms with Crippen LogP contribution in [0.15, 0.2) is 29.8 Å². The molecule has 0 saturated carbocycles. The summed E-state index contributed by atoms with van der Waals surface area (Å²) in [6, 6.07) is 7.61. The van der Waals surface area contributed by atoms with E-state index in [1.807, 2.05) is 30.3 Å². The third-order valence-corrected chi connectivity index (χ3v) is 2.36. The zero-order chi connectivity index (χ0) is 10.6. The molecule has 0 heterocycles. The van der Waals surface area contributed by atoms with Crippen molar-refractivity contribution in [3.05, 3.63) is 40.4 Å². The zero-order valence-electron chi connectivity index (χ0n) is 8.50. The SMILES string of the molecule is CC(C)C(=Cc1cccc(Cl)c1)CO. The molecule has 0 spiro atoms. The molecule has 1 aromatic carbocycles. The van der Waals surface area contributed by atoms with Crippen LogP contribution in [0.5, 0.6) is 0 Å². The van der Waals surface area contributed by atoms with Crippen LogP contribution in [-0.2, 0) is 0 Å². The number of aliphatic hydroxyl groups excluding tert-OH is 1. The van der Waals surface area contributed by atoms with Gasteiger partial charge in [-0.1, -0.05) is 43.7 Å². The van der Waals surface area contributed by atoms with Gasteiger partial charge in [-0.15, -0.1) is 0 Å². The molecule has 0 bridgehead atoms. The van der Waals surface area contributed by atoms with E-state index < -0.39 is 0 Å². The van der Waals surface area contributed by atoms with Gasteiger partial charge < -0.3 is 5.11 Å². The molecule has 0 fully saturated rings. The Morgan fingerprint density at radius 1 is 1.50 bits per heavy atom. The maximum Gasteiger partial charge on any atom is 0.0647 e. The summed E-state index contributed by atoms with van der Waals surface area (Å²) in [5, 5.41) is 9.85. The molecule has 0 aliphatic rings. The van der Waals surface area contributed by atoms with Gasteiger partial charge in [-0.3, -0.25) is 0 Å². The van der Waals surface area contributed by atoms with Gasteiger partial charge in [0, 0.05) is 5.02 Å². The first-order chi connectivity index (χ1) is 6.63. The molecule has 2 heteroatoms. The minimum Gasteiger partial charge on any atom is -0.392 e. The van der Waals surface area contributed by atoms with Crippen LogP contribution in [0, 0.1) is 5.92 Å². The van der Waals surface area contributed by atoms with Gasteiger partial charge in [0.2, 0.25) is 0 Å². The Balaban J connectivity index is 2.94. The molecule has 14 heavy (non-hydrogen) atoms. The first-order valence-electron chi connectivity index (χ1n) is 4.70. The van der Waals surface area contributed by atoms with Gasteiger partial charge in [-0.25, -0.2) is 0 Å². The summed E-state index contributed by atoms with van der Waals surface area (Å²) in [6.07, 6.45) is 1.98. The molecule has 0 radical (unpaired) electrons. The van der Waals surface area contributed by atoms with Gasteiger partial charge in [0.1, 0.15) is 0 Å². The van der Waals surface area contributed by atoms with Crippen LogP contribution in [0.25, 0.3) is 6.08 Å². The maximum absolute atomic E-state index is 9.13. The molecule has 1 rings (SSSR count). The largest absolute Gasteiger partial charge is 0.392 e. The predicted molar refractivity (Wildman–Crippen MR) is 61.4 cm³/mol. The highest BCUT2D eigenvalue weighted by Crippen LogP contribution is 2.17. The second-order valence-corrected chi connectivity index (χ2v) is 4.02. The number of hydrogen-bond donors (Lipinski definition) is 1. The lowest BCUT2D eigenvalue weighted by atomic mass is 10.0. The first-order valence-corrected chi connectivity index (χ1v) is 5.08. The summed E-state index contributed by atoms with van der Waals surface area (Å²) in [5.74, 6) is 0.360. The van der Waals surface area contributed by atoms with E-state index in [2.05, 4.69) is 13.8 Å². The van der Waals surface area contributed by atoms with Crippen molar-refractivity contribution < 1.29 is 5.11 Å². The van der Waals surface area contributed by atoms with Crippen molar-refractivity contribution >= 4 is 17.7 Å². The van der Waals surface area contributed by atoms with Crippen LogP contribution in [-0.4, -0.2) is 11.7 Å². The van der Waals surface area contributed by atoms with Gasteiger partial charge in [-0.05, 0) is 29.2 Å². The molecule has 0 aromatic heterocycles. The van der Waals surface area contributed by atoms with Crippen LogP contribution in [0.2, 0.25) is 5.02 Å². The molecular formula is C12H15ClO. The summed E-state index contributed by atoms with van der Waals surface area (Å²) >= 11 is 5.86. The minimum absolute atomic E-state index is 0.101. The fraction of sp³-hybridized carbons (Fsp3) is 0.333.